The average Bonchev–Trinajstić information content (AvgIpc) is 2.38. The van der Waals surface area contributed by atoms with E-state index in [1.54, 1.807) is 11.9 Å². The van der Waals surface area contributed by atoms with E-state index in [4.69, 9.17) is 11.6 Å². The highest BCUT2D eigenvalue weighted by Gasteiger charge is 2.54. The summed E-state index contributed by atoms with van der Waals surface area (Å²) in [6, 6.07) is 0. The Balaban J connectivity index is 2.18. The molecule has 20 heavy (non-hydrogen) atoms. The Bertz CT molecular complexity index is 489. The van der Waals surface area contributed by atoms with Gasteiger partial charge in [0.2, 0.25) is 0 Å². The molecule has 9 heteroatoms. The summed E-state index contributed by atoms with van der Waals surface area (Å²) < 4.78 is 38.2. The lowest BCUT2D eigenvalue weighted by Crippen LogP contribution is -2.53. The second-order valence-electron chi connectivity index (χ2n) is 4.63. The number of alkyl halides is 3. The third-order valence-electron chi connectivity index (χ3n) is 3.45. The van der Waals surface area contributed by atoms with Crippen LogP contribution in [0, 0.1) is 0 Å². The number of hydrogen-bond donors (Lipinski definition) is 2. The van der Waals surface area contributed by atoms with E-state index >= 15 is 0 Å². The summed E-state index contributed by atoms with van der Waals surface area (Å²) in [5.74, 6) is 0.441. The van der Waals surface area contributed by atoms with Gasteiger partial charge in [0.1, 0.15) is 12.0 Å². The smallest absolute Gasteiger partial charge is 0.383 e. The van der Waals surface area contributed by atoms with Crippen molar-refractivity contribution in [2.75, 3.05) is 30.4 Å². The molecule has 1 aliphatic rings. The molecule has 2 N–H and O–H groups in total. The molecule has 0 amide bonds. The van der Waals surface area contributed by atoms with Crippen LogP contribution in [0.4, 0.5) is 24.7 Å². The zero-order valence-electron chi connectivity index (χ0n) is 10.7. The summed E-state index contributed by atoms with van der Waals surface area (Å²) >= 11 is 5.91. The molecule has 1 aromatic rings. The number of nitrogens with one attached hydrogen (secondary N) is 1. The maximum absolute atomic E-state index is 12.7. The van der Waals surface area contributed by atoms with Gasteiger partial charge < -0.3 is 15.3 Å². The standard InChI is InChI=1S/C11H14ClF3N4O/c1-16-7-8(12)17-6-18-9(7)19-4-2-10(20,3-5-19)11(13,14)15/h6,16,20H,2-5H2,1H3. The SMILES string of the molecule is CNc1c(Cl)ncnc1N1CCC(O)(C(F)(F)F)CC1. The Morgan fingerprint density at radius 1 is 1.35 bits per heavy atom. The molecule has 1 saturated heterocycles. The van der Waals surface area contributed by atoms with Crippen LogP contribution in [0.3, 0.4) is 0 Å². The van der Waals surface area contributed by atoms with Crippen LogP contribution in [-0.4, -0.2) is 47.0 Å². The number of aliphatic hydroxyl groups is 1. The fraction of sp³-hybridized carbons (Fsp3) is 0.636. The fourth-order valence-corrected chi connectivity index (χ4v) is 2.40. The Labute approximate surface area is 118 Å². The second kappa shape index (κ2) is 5.25. The molecule has 0 bridgehead atoms. The fourth-order valence-electron chi connectivity index (χ4n) is 2.18. The minimum absolute atomic E-state index is 0.0397. The summed E-state index contributed by atoms with van der Waals surface area (Å²) in [6.07, 6.45) is -4.17. The van der Waals surface area contributed by atoms with E-state index in [0.29, 0.717) is 11.5 Å². The molecular weight excluding hydrogens is 297 g/mol. The highest BCUT2D eigenvalue weighted by atomic mass is 35.5. The highest BCUT2D eigenvalue weighted by Crippen LogP contribution is 2.40. The van der Waals surface area contributed by atoms with E-state index < -0.39 is 24.6 Å². The summed E-state index contributed by atoms with van der Waals surface area (Å²) in [4.78, 5) is 9.51. The summed E-state index contributed by atoms with van der Waals surface area (Å²) in [7, 11) is 1.63. The van der Waals surface area contributed by atoms with Crippen molar-refractivity contribution < 1.29 is 18.3 Å². The molecular formula is C11H14ClF3N4O. The molecule has 2 heterocycles. The first-order valence-electron chi connectivity index (χ1n) is 6.01. The van der Waals surface area contributed by atoms with E-state index in [0.717, 1.165) is 0 Å². The van der Waals surface area contributed by atoms with E-state index in [1.807, 2.05) is 0 Å². The zero-order chi connectivity index (χ0) is 15.0. The number of anilines is 2. The van der Waals surface area contributed by atoms with Crippen molar-refractivity contribution in [2.45, 2.75) is 24.6 Å². The van der Waals surface area contributed by atoms with Gasteiger partial charge in [0.05, 0.1) is 0 Å². The van der Waals surface area contributed by atoms with Crippen LogP contribution in [0.5, 0.6) is 0 Å². The van der Waals surface area contributed by atoms with Crippen molar-refractivity contribution >= 4 is 23.1 Å². The molecule has 2 rings (SSSR count). The molecule has 112 valence electrons. The lowest BCUT2D eigenvalue weighted by Gasteiger charge is -2.39. The second-order valence-corrected chi connectivity index (χ2v) is 4.99. The van der Waals surface area contributed by atoms with Crippen molar-refractivity contribution in [1.29, 1.82) is 0 Å². The third kappa shape index (κ3) is 2.62. The van der Waals surface area contributed by atoms with Gasteiger partial charge in [-0.25, -0.2) is 9.97 Å². The van der Waals surface area contributed by atoms with Gasteiger partial charge in [0, 0.05) is 33.0 Å². The summed E-state index contributed by atoms with van der Waals surface area (Å²) in [6.45, 7) is 0.0794. The predicted octanol–water partition coefficient (Wildman–Crippen LogP) is 2.07. The van der Waals surface area contributed by atoms with Gasteiger partial charge in [0.15, 0.2) is 16.6 Å². The predicted molar refractivity (Wildman–Crippen MR) is 69.0 cm³/mol. The van der Waals surface area contributed by atoms with E-state index in [2.05, 4.69) is 15.3 Å². The monoisotopic (exact) mass is 310 g/mol. The molecule has 1 aromatic heterocycles. The van der Waals surface area contributed by atoms with Crippen molar-refractivity contribution in [2.24, 2.45) is 0 Å². The van der Waals surface area contributed by atoms with Gasteiger partial charge >= 0.3 is 6.18 Å². The first-order valence-corrected chi connectivity index (χ1v) is 6.38. The normalized spacial score (nSPS) is 19.0. The van der Waals surface area contributed by atoms with Gasteiger partial charge in [-0.1, -0.05) is 11.6 Å². The number of nitrogens with zero attached hydrogens (tertiary/aromatic N) is 3. The van der Waals surface area contributed by atoms with Gasteiger partial charge in [0.25, 0.3) is 0 Å². The minimum Gasteiger partial charge on any atom is -0.383 e. The maximum atomic E-state index is 12.7. The zero-order valence-corrected chi connectivity index (χ0v) is 11.5. The lowest BCUT2D eigenvalue weighted by molar-refractivity contribution is -0.266. The highest BCUT2D eigenvalue weighted by molar-refractivity contribution is 6.32. The Kier molecular flexibility index (Phi) is 3.97. The van der Waals surface area contributed by atoms with Gasteiger partial charge in [-0.15, -0.1) is 0 Å². The van der Waals surface area contributed by atoms with Crippen LogP contribution in [0.1, 0.15) is 12.8 Å². The summed E-state index contributed by atoms with van der Waals surface area (Å²) in [5, 5.41) is 12.7. The molecule has 0 unspecified atom stereocenters. The van der Waals surface area contributed by atoms with E-state index in [1.165, 1.54) is 6.33 Å². The van der Waals surface area contributed by atoms with E-state index in [9.17, 15) is 18.3 Å². The molecule has 0 spiro atoms. The molecule has 0 aromatic carbocycles. The van der Waals surface area contributed by atoms with Gasteiger partial charge in [-0.2, -0.15) is 13.2 Å². The van der Waals surface area contributed by atoms with Crippen LogP contribution >= 0.6 is 11.6 Å². The molecule has 0 atom stereocenters. The number of piperidine rings is 1. The average molecular weight is 311 g/mol. The molecule has 0 radical (unpaired) electrons. The van der Waals surface area contributed by atoms with E-state index in [-0.39, 0.29) is 18.2 Å². The number of rotatable bonds is 2. The number of halogens is 4. The number of hydrogen-bond acceptors (Lipinski definition) is 5. The quantitative estimate of drug-likeness (QED) is 0.819. The minimum atomic E-state index is -4.62. The third-order valence-corrected chi connectivity index (χ3v) is 3.74. The van der Waals surface area contributed by atoms with Gasteiger partial charge in [-0.3, -0.25) is 0 Å². The van der Waals surface area contributed by atoms with Crippen molar-refractivity contribution in [3.8, 4) is 0 Å². The molecule has 1 fully saturated rings. The first-order chi connectivity index (χ1) is 9.28. The van der Waals surface area contributed by atoms with Crippen molar-refractivity contribution in [3.63, 3.8) is 0 Å². The maximum Gasteiger partial charge on any atom is 0.417 e. The molecule has 0 aliphatic carbocycles. The molecule has 1 aliphatic heterocycles. The van der Waals surface area contributed by atoms with Crippen LogP contribution in [-0.2, 0) is 0 Å². The van der Waals surface area contributed by atoms with Gasteiger partial charge in [-0.05, 0) is 0 Å². The molecule has 0 saturated carbocycles. The van der Waals surface area contributed by atoms with Crippen molar-refractivity contribution in [3.05, 3.63) is 11.5 Å². The Morgan fingerprint density at radius 2 is 1.95 bits per heavy atom. The lowest BCUT2D eigenvalue weighted by atomic mass is 9.91. The number of aromatic nitrogens is 2. The Hall–Kier alpha value is -1.28. The van der Waals surface area contributed by atoms with Crippen LogP contribution in [0.15, 0.2) is 6.33 Å². The van der Waals surface area contributed by atoms with Crippen LogP contribution in [0.2, 0.25) is 5.15 Å². The van der Waals surface area contributed by atoms with Crippen molar-refractivity contribution in [1.82, 2.24) is 9.97 Å². The largest absolute Gasteiger partial charge is 0.417 e. The first kappa shape index (κ1) is 15.1. The van der Waals surface area contributed by atoms with Crippen LogP contribution < -0.4 is 10.2 Å². The molecule has 5 nitrogen and oxygen atoms in total. The Morgan fingerprint density at radius 3 is 2.45 bits per heavy atom. The van der Waals surface area contributed by atoms with Crippen LogP contribution in [0.25, 0.3) is 0 Å². The topological polar surface area (TPSA) is 61.3 Å². The summed E-state index contributed by atoms with van der Waals surface area (Å²) in [5.41, 5.74) is -2.16.